The van der Waals surface area contributed by atoms with Gasteiger partial charge in [-0.3, -0.25) is 9.59 Å². The molecular weight excluding hydrogens is 220 g/mol. The number of nitrogens with zero attached hydrogens (tertiary/aromatic N) is 1. The van der Waals surface area contributed by atoms with Crippen LogP contribution in [-0.4, -0.2) is 48.1 Å². The van der Waals surface area contributed by atoms with E-state index < -0.39 is 0 Å². The molecule has 2 N–H and O–H groups in total. The summed E-state index contributed by atoms with van der Waals surface area (Å²) in [7, 11) is 0. The van der Waals surface area contributed by atoms with Crippen molar-refractivity contribution in [1.82, 2.24) is 10.2 Å². The standard InChI is InChI=1S/C12H22N2O3/c1-2-14(8-9-15)11(16)4-3-7-13-12(17)10-5-6-10/h10,15H,2-9H2,1H3,(H,13,17). The molecule has 0 bridgehead atoms. The van der Waals surface area contributed by atoms with E-state index in [0.29, 0.717) is 32.5 Å². The normalized spacial score (nSPS) is 14.5. The van der Waals surface area contributed by atoms with Crippen LogP contribution in [0.5, 0.6) is 0 Å². The zero-order chi connectivity index (χ0) is 12.7. The quantitative estimate of drug-likeness (QED) is 0.595. The number of carbonyl (C=O) groups is 2. The van der Waals surface area contributed by atoms with Crippen molar-refractivity contribution in [2.75, 3.05) is 26.2 Å². The van der Waals surface area contributed by atoms with Crippen molar-refractivity contribution in [2.24, 2.45) is 5.92 Å². The molecule has 98 valence electrons. The van der Waals surface area contributed by atoms with Crippen molar-refractivity contribution in [1.29, 1.82) is 0 Å². The lowest BCUT2D eigenvalue weighted by molar-refractivity contribution is -0.131. The van der Waals surface area contributed by atoms with E-state index in [4.69, 9.17) is 5.11 Å². The lowest BCUT2D eigenvalue weighted by Crippen LogP contribution is -2.34. The summed E-state index contributed by atoms with van der Waals surface area (Å²) in [5.74, 6) is 0.398. The van der Waals surface area contributed by atoms with Crippen LogP contribution in [0.25, 0.3) is 0 Å². The first-order valence-electron chi connectivity index (χ1n) is 6.35. The van der Waals surface area contributed by atoms with Crippen LogP contribution >= 0.6 is 0 Å². The summed E-state index contributed by atoms with van der Waals surface area (Å²) in [6.45, 7) is 3.47. The molecule has 0 saturated heterocycles. The Morgan fingerprint density at radius 3 is 2.65 bits per heavy atom. The Bertz CT molecular complexity index is 264. The van der Waals surface area contributed by atoms with Crippen LogP contribution in [-0.2, 0) is 9.59 Å². The molecule has 0 radical (unpaired) electrons. The SMILES string of the molecule is CCN(CCO)C(=O)CCCNC(=O)C1CC1. The first kappa shape index (κ1) is 14.0. The van der Waals surface area contributed by atoms with Gasteiger partial charge >= 0.3 is 0 Å². The maximum Gasteiger partial charge on any atom is 0.223 e. The lowest BCUT2D eigenvalue weighted by Gasteiger charge is -2.19. The molecule has 0 atom stereocenters. The highest BCUT2D eigenvalue weighted by molar-refractivity contribution is 5.81. The van der Waals surface area contributed by atoms with Crippen LogP contribution in [0, 0.1) is 5.92 Å². The average molecular weight is 242 g/mol. The summed E-state index contributed by atoms with van der Waals surface area (Å²) < 4.78 is 0. The smallest absolute Gasteiger partial charge is 0.223 e. The summed E-state index contributed by atoms with van der Waals surface area (Å²) in [5, 5.41) is 11.6. The van der Waals surface area contributed by atoms with E-state index >= 15 is 0 Å². The number of carbonyl (C=O) groups excluding carboxylic acids is 2. The Hall–Kier alpha value is -1.10. The van der Waals surface area contributed by atoms with Crippen molar-refractivity contribution in [3.8, 4) is 0 Å². The van der Waals surface area contributed by atoms with E-state index in [1.54, 1.807) is 4.90 Å². The molecular formula is C12H22N2O3. The van der Waals surface area contributed by atoms with Gasteiger partial charge in [-0.1, -0.05) is 0 Å². The number of rotatable bonds is 8. The molecule has 0 aromatic carbocycles. The molecule has 0 aliphatic heterocycles. The number of nitrogens with one attached hydrogen (secondary N) is 1. The fourth-order valence-corrected chi connectivity index (χ4v) is 1.68. The average Bonchev–Trinajstić information content (AvgIpc) is 3.15. The van der Waals surface area contributed by atoms with Crippen LogP contribution in [0.1, 0.15) is 32.6 Å². The minimum Gasteiger partial charge on any atom is -0.395 e. The maximum atomic E-state index is 11.7. The van der Waals surface area contributed by atoms with Gasteiger partial charge < -0.3 is 15.3 Å². The number of aliphatic hydroxyl groups excluding tert-OH is 1. The van der Waals surface area contributed by atoms with Crippen molar-refractivity contribution >= 4 is 11.8 Å². The molecule has 5 nitrogen and oxygen atoms in total. The van der Waals surface area contributed by atoms with E-state index in [0.717, 1.165) is 12.8 Å². The molecule has 17 heavy (non-hydrogen) atoms. The maximum absolute atomic E-state index is 11.7. The van der Waals surface area contributed by atoms with E-state index in [-0.39, 0.29) is 24.3 Å². The van der Waals surface area contributed by atoms with Crippen LogP contribution < -0.4 is 5.32 Å². The molecule has 0 aromatic heterocycles. The molecule has 1 aliphatic carbocycles. The zero-order valence-corrected chi connectivity index (χ0v) is 10.4. The second-order valence-electron chi connectivity index (χ2n) is 4.37. The number of aliphatic hydroxyl groups is 1. The third-order valence-electron chi connectivity index (χ3n) is 2.92. The third-order valence-corrected chi connectivity index (χ3v) is 2.92. The van der Waals surface area contributed by atoms with Gasteiger partial charge in [-0.2, -0.15) is 0 Å². The van der Waals surface area contributed by atoms with Gasteiger partial charge in [-0.25, -0.2) is 0 Å². The minimum absolute atomic E-state index is 0.00199. The van der Waals surface area contributed by atoms with Crippen molar-refractivity contribution in [3.63, 3.8) is 0 Å². The van der Waals surface area contributed by atoms with Gasteiger partial charge in [-0.15, -0.1) is 0 Å². The van der Waals surface area contributed by atoms with Gasteiger partial charge in [0, 0.05) is 32.0 Å². The predicted molar refractivity (Wildman–Crippen MR) is 64.3 cm³/mol. The summed E-state index contributed by atoms with van der Waals surface area (Å²) in [6, 6.07) is 0. The Morgan fingerprint density at radius 2 is 2.12 bits per heavy atom. The van der Waals surface area contributed by atoms with Gasteiger partial charge in [0.15, 0.2) is 0 Å². The molecule has 1 fully saturated rings. The van der Waals surface area contributed by atoms with Crippen molar-refractivity contribution < 1.29 is 14.7 Å². The van der Waals surface area contributed by atoms with Gasteiger partial charge in [-0.05, 0) is 26.2 Å². The topological polar surface area (TPSA) is 69.6 Å². The summed E-state index contributed by atoms with van der Waals surface area (Å²) in [5.41, 5.74) is 0. The van der Waals surface area contributed by atoms with Gasteiger partial charge in [0.05, 0.1) is 6.61 Å². The van der Waals surface area contributed by atoms with E-state index in [1.807, 2.05) is 6.92 Å². The number of amides is 2. The Morgan fingerprint density at radius 1 is 1.41 bits per heavy atom. The first-order valence-corrected chi connectivity index (χ1v) is 6.35. The Balaban J connectivity index is 2.07. The number of likely N-dealkylation sites (N-methyl/N-ethyl adjacent to an activating group) is 1. The summed E-state index contributed by atoms with van der Waals surface area (Å²) >= 11 is 0. The molecule has 1 saturated carbocycles. The highest BCUT2D eigenvalue weighted by Gasteiger charge is 2.29. The molecule has 1 aliphatic rings. The van der Waals surface area contributed by atoms with Crippen LogP contribution in [0.2, 0.25) is 0 Å². The van der Waals surface area contributed by atoms with E-state index in [1.165, 1.54) is 0 Å². The largest absolute Gasteiger partial charge is 0.395 e. The van der Waals surface area contributed by atoms with Gasteiger partial charge in [0.1, 0.15) is 0 Å². The lowest BCUT2D eigenvalue weighted by atomic mass is 10.2. The van der Waals surface area contributed by atoms with E-state index in [2.05, 4.69) is 5.32 Å². The molecule has 0 heterocycles. The number of hydrogen-bond donors (Lipinski definition) is 2. The second-order valence-corrected chi connectivity index (χ2v) is 4.37. The van der Waals surface area contributed by atoms with E-state index in [9.17, 15) is 9.59 Å². The van der Waals surface area contributed by atoms with Gasteiger partial charge in [0.2, 0.25) is 11.8 Å². The van der Waals surface area contributed by atoms with Crippen molar-refractivity contribution in [2.45, 2.75) is 32.6 Å². The fraction of sp³-hybridized carbons (Fsp3) is 0.833. The third kappa shape index (κ3) is 5.17. The fourth-order valence-electron chi connectivity index (χ4n) is 1.68. The molecule has 0 spiro atoms. The van der Waals surface area contributed by atoms with Crippen LogP contribution in [0.4, 0.5) is 0 Å². The molecule has 2 amide bonds. The Kier molecular flexibility index (Phi) is 5.97. The summed E-state index contributed by atoms with van der Waals surface area (Å²) in [6.07, 6.45) is 3.10. The predicted octanol–water partition coefficient (Wildman–Crippen LogP) is 0.134. The zero-order valence-electron chi connectivity index (χ0n) is 10.4. The molecule has 0 aromatic rings. The van der Waals surface area contributed by atoms with Crippen molar-refractivity contribution in [3.05, 3.63) is 0 Å². The summed E-state index contributed by atoms with van der Waals surface area (Å²) in [4.78, 5) is 24.6. The molecule has 5 heteroatoms. The highest BCUT2D eigenvalue weighted by Crippen LogP contribution is 2.28. The highest BCUT2D eigenvalue weighted by atomic mass is 16.3. The Labute approximate surface area is 102 Å². The molecule has 1 rings (SSSR count). The van der Waals surface area contributed by atoms with Crippen LogP contribution in [0.15, 0.2) is 0 Å². The van der Waals surface area contributed by atoms with Gasteiger partial charge in [0.25, 0.3) is 0 Å². The monoisotopic (exact) mass is 242 g/mol. The number of hydrogen-bond acceptors (Lipinski definition) is 3. The second kappa shape index (κ2) is 7.27. The van der Waals surface area contributed by atoms with Crippen LogP contribution in [0.3, 0.4) is 0 Å². The first-order chi connectivity index (χ1) is 8.19. The minimum atomic E-state index is -0.00199. The molecule has 0 unspecified atom stereocenters.